The Morgan fingerprint density at radius 1 is 0.938 bits per heavy atom. The first-order valence-corrected chi connectivity index (χ1v) is 13.2. The molecule has 0 bridgehead atoms. The Hall–Kier alpha value is -1.10. The molecule has 172 valence electrons. The molecule has 2 saturated carbocycles. The third-order valence-electron chi connectivity index (χ3n) is 9.77. The number of likely N-dealkylation sites (tertiary alicyclic amines) is 1. The molecule has 0 unspecified atom stereocenters. The van der Waals surface area contributed by atoms with Crippen molar-refractivity contribution in [2.75, 3.05) is 6.54 Å². The van der Waals surface area contributed by atoms with Crippen LogP contribution in [0.4, 0.5) is 0 Å². The first kappa shape index (κ1) is 21.4. The Morgan fingerprint density at radius 2 is 1.62 bits per heavy atom. The molecule has 1 aromatic carbocycles. The zero-order valence-corrected chi connectivity index (χ0v) is 20.5. The summed E-state index contributed by atoms with van der Waals surface area (Å²) < 4.78 is 12.7. The largest absolute Gasteiger partial charge is 0.490 e. The fourth-order valence-corrected chi connectivity index (χ4v) is 6.86. The molecule has 32 heavy (non-hydrogen) atoms. The van der Waals surface area contributed by atoms with Crippen LogP contribution in [0, 0.1) is 5.41 Å². The smallest absolute Gasteiger partial charge is 0.400 e. The van der Waals surface area contributed by atoms with Gasteiger partial charge in [0.2, 0.25) is 0 Å². The number of rotatable bonds is 4. The van der Waals surface area contributed by atoms with Gasteiger partial charge in [0, 0.05) is 12.1 Å². The van der Waals surface area contributed by atoms with Crippen LogP contribution in [0.1, 0.15) is 109 Å². The Bertz CT molecular complexity index is 896. The normalized spacial score (nSPS) is 36.4. The van der Waals surface area contributed by atoms with E-state index in [1.165, 1.54) is 63.4 Å². The van der Waals surface area contributed by atoms with Crippen LogP contribution in [0.5, 0.6) is 0 Å². The van der Waals surface area contributed by atoms with Gasteiger partial charge in [0.05, 0.1) is 11.2 Å². The minimum Gasteiger partial charge on any atom is -0.400 e. The molecule has 2 heterocycles. The summed E-state index contributed by atoms with van der Waals surface area (Å²) in [5.74, 6) is 0.846. The van der Waals surface area contributed by atoms with Crippen molar-refractivity contribution in [3.05, 3.63) is 46.9 Å². The standard InChI is InChI=1S/C28H40BNO2/c1-26(2)27(3,4)32-29(31-26)21-13-15-28(16-14-21)18-22(19-28)30-17-7-10-25(30)24-9-6-5-8-23(24)20-11-12-20/h5-6,8-9,13,20,22,25H,7,10-12,14-19H2,1-4H3/t22?,25-,28?/m0/s1. The molecule has 5 aliphatic rings. The third-order valence-corrected chi connectivity index (χ3v) is 9.77. The van der Waals surface area contributed by atoms with Gasteiger partial charge in [0.15, 0.2) is 0 Å². The van der Waals surface area contributed by atoms with E-state index < -0.39 is 0 Å². The zero-order valence-electron chi connectivity index (χ0n) is 20.5. The van der Waals surface area contributed by atoms with E-state index in [1.54, 1.807) is 11.1 Å². The van der Waals surface area contributed by atoms with E-state index in [-0.39, 0.29) is 18.3 Å². The van der Waals surface area contributed by atoms with E-state index in [4.69, 9.17) is 9.31 Å². The summed E-state index contributed by atoms with van der Waals surface area (Å²) in [4.78, 5) is 2.89. The maximum absolute atomic E-state index is 6.33. The van der Waals surface area contributed by atoms with Gasteiger partial charge < -0.3 is 9.31 Å². The Labute approximate surface area is 195 Å². The Morgan fingerprint density at radius 3 is 2.25 bits per heavy atom. The molecule has 1 spiro atoms. The second kappa shape index (κ2) is 7.45. The van der Waals surface area contributed by atoms with Crippen molar-refractivity contribution in [3.8, 4) is 0 Å². The highest BCUT2D eigenvalue weighted by atomic mass is 16.7. The monoisotopic (exact) mass is 433 g/mol. The fourth-order valence-electron chi connectivity index (χ4n) is 6.86. The molecule has 0 aromatic heterocycles. The Kier molecular flexibility index (Phi) is 4.99. The van der Waals surface area contributed by atoms with Gasteiger partial charge in [-0.15, -0.1) is 0 Å². The molecule has 1 aromatic rings. The van der Waals surface area contributed by atoms with Gasteiger partial charge >= 0.3 is 7.12 Å². The highest BCUT2D eigenvalue weighted by Gasteiger charge is 2.54. The van der Waals surface area contributed by atoms with Crippen molar-refractivity contribution in [2.45, 2.75) is 115 Å². The van der Waals surface area contributed by atoms with E-state index in [1.807, 2.05) is 0 Å². The molecule has 3 nitrogen and oxygen atoms in total. The van der Waals surface area contributed by atoms with Crippen LogP contribution >= 0.6 is 0 Å². The van der Waals surface area contributed by atoms with Crippen molar-refractivity contribution in [1.29, 1.82) is 0 Å². The predicted molar refractivity (Wildman–Crippen MR) is 131 cm³/mol. The number of hydrogen-bond acceptors (Lipinski definition) is 3. The van der Waals surface area contributed by atoms with E-state index in [0.717, 1.165) is 18.4 Å². The maximum atomic E-state index is 6.33. The molecule has 0 N–H and O–H groups in total. The molecule has 2 saturated heterocycles. The highest BCUT2D eigenvalue weighted by Crippen LogP contribution is 2.56. The van der Waals surface area contributed by atoms with Gasteiger partial charge in [-0.2, -0.15) is 0 Å². The van der Waals surface area contributed by atoms with Crippen molar-refractivity contribution >= 4 is 7.12 Å². The predicted octanol–water partition coefficient (Wildman–Crippen LogP) is 6.59. The maximum Gasteiger partial charge on any atom is 0.490 e. The quantitative estimate of drug-likeness (QED) is 0.500. The molecule has 4 heteroatoms. The lowest BCUT2D eigenvalue weighted by Gasteiger charge is -2.54. The van der Waals surface area contributed by atoms with Gasteiger partial charge in [0.25, 0.3) is 0 Å². The third kappa shape index (κ3) is 3.53. The van der Waals surface area contributed by atoms with Crippen LogP contribution in [0.3, 0.4) is 0 Å². The number of hydrogen-bond donors (Lipinski definition) is 0. The second-order valence-electron chi connectivity index (χ2n) is 12.4. The molecule has 2 aliphatic heterocycles. The number of benzene rings is 1. The van der Waals surface area contributed by atoms with Crippen LogP contribution in [-0.2, 0) is 9.31 Å². The minimum absolute atomic E-state index is 0.143. The molecule has 3 aliphatic carbocycles. The van der Waals surface area contributed by atoms with Crippen LogP contribution in [0.15, 0.2) is 35.8 Å². The molecule has 0 amide bonds. The lowest BCUT2D eigenvalue weighted by Crippen LogP contribution is -2.51. The van der Waals surface area contributed by atoms with E-state index in [0.29, 0.717) is 11.5 Å². The number of nitrogens with zero attached hydrogens (tertiary/aromatic N) is 1. The summed E-state index contributed by atoms with van der Waals surface area (Å²) in [5.41, 5.74) is 4.75. The van der Waals surface area contributed by atoms with Gasteiger partial charge in [0.1, 0.15) is 0 Å². The Balaban J connectivity index is 1.11. The average Bonchev–Trinajstić information content (AvgIpc) is 3.42. The summed E-state index contributed by atoms with van der Waals surface area (Å²) in [6.07, 6.45) is 14.4. The van der Waals surface area contributed by atoms with Crippen molar-refractivity contribution < 1.29 is 9.31 Å². The van der Waals surface area contributed by atoms with Crippen LogP contribution in [0.25, 0.3) is 0 Å². The van der Waals surface area contributed by atoms with Crippen LogP contribution in [0.2, 0.25) is 0 Å². The second-order valence-corrected chi connectivity index (χ2v) is 12.4. The van der Waals surface area contributed by atoms with Gasteiger partial charge in [-0.1, -0.05) is 30.3 Å². The molecule has 1 atom stereocenters. The number of allylic oxidation sites excluding steroid dienone is 2. The first-order valence-electron chi connectivity index (χ1n) is 13.2. The fraction of sp³-hybridized carbons (Fsp3) is 0.714. The SMILES string of the molecule is CC1(C)OB(C2=CCC3(CC2)CC(N2CCC[C@H]2c2ccccc2C2CC2)C3)OC1(C)C. The molecule has 6 rings (SSSR count). The van der Waals surface area contributed by atoms with E-state index in [9.17, 15) is 0 Å². The van der Waals surface area contributed by atoms with Gasteiger partial charge in [-0.3, -0.25) is 4.90 Å². The average molecular weight is 433 g/mol. The summed E-state index contributed by atoms with van der Waals surface area (Å²) in [6.45, 7) is 9.91. The van der Waals surface area contributed by atoms with Gasteiger partial charge in [-0.25, -0.2) is 0 Å². The van der Waals surface area contributed by atoms with Crippen molar-refractivity contribution in [2.24, 2.45) is 5.41 Å². The highest BCUT2D eigenvalue weighted by molar-refractivity contribution is 6.54. The van der Waals surface area contributed by atoms with E-state index >= 15 is 0 Å². The summed E-state index contributed by atoms with van der Waals surface area (Å²) in [5, 5.41) is 0. The molecular formula is C28H40BNO2. The lowest BCUT2D eigenvalue weighted by atomic mass is 9.55. The molecule has 0 radical (unpaired) electrons. The van der Waals surface area contributed by atoms with Gasteiger partial charge in [-0.05, 0) is 120 Å². The minimum atomic E-state index is -0.239. The van der Waals surface area contributed by atoms with Crippen LogP contribution in [-0.4, -0.2) is 35.8 Å². The molecule has 4 fully saturated rings. The molecular weight excluding hydrogens is 393 g/mol. The zero-order chi connectivity index (χ0) is 22.1. The summed E-state index contributed by atoms with van der Waals surface area (Å²) in [7, 11) is -0.143. The first-order chi connectivity index (χ1) is 15.3. The van der Waals surface area contributed by atoms with E-state index in [2.05, 4.69) is 62.9 Å². The van der Waals surface area contributed by atoms with Crippen molar-refractivity contribution in [3.63, 3.8) is 0 Å². The lowest BCUT2D eigenvalue weighted by molar-refractivity contribution is -0.0135. The summed E-state index contributed by atoms with van der Waals surface area (Å²) >= 11 is 0. The topological polar surface area (TPSA) is 21.7 Å². The summed E-state index contributed by atoms with van der Waals surface area (Å²) in [6, 6.07) is 10.8. The van der Waals surface area contributed by atoms with Crippen molar-refractivity contribution in [1.82, 2.24) is 4.90 Å². The van der Waals surface area contributed by atoms with Crippen LogP contribution < -0.4 is 0 Å².